The van der Waals surface area contributed by atoms with Crippen molar-refractivity contribution in [1.82, 2.24) is 0 Å². The van der Waals surface area contributed by atoms with Gasteiger partial charge in [-0.05, 0) is 25.7 Å². The number of aliphatic hydroxyl groups is 1. The van der Waals surface area contributed by atoms with Crippen LogP contribution >= 0.6 is 0 Å². The molecule has 0 aromatic heterocycles. The summed E-state index contributed by atoms with van der Waals surface area (Å²) in [6.07, 6.45) is 12.1. The Bertz CT molecular complexity index is 506. The number of aliphatic hydroxyl groups excluding tert-OH is 1. The molecule has 0 radical (unpaired) electrons. The lowest BCUT2D eigenvalue weighted by molar-refractivity contribution is -0.137. The second kappa shape index (κ2) is 11.7. The van der Waals surface area contributed by atoms with Gasteiger partial charge in [-0.1, -0.05) is 50.5 Å². The highest BCUT2D eigenvalue weighted by Crippen LogP contribution is 2.30. The molecule has 0 spiro atoms. The Morgan fingerprint density at radius 1 is 1.20 bits per heavy atom. The summed E-state index contributed by atoms with van der Waals surface area (Å²) in [5.41, 5.74) is 0. The fourth-order valence-electron chi connectivity index (χ4n) is 3.04. The van der Waals surface area contributed by atoms with Crippen molar-refractivity contribution < 1.29 is 24.6 Å². The van der Waals surface area contributed by atoms with E-state index in [9.17, 15) is 19.5 Å². The molecular weight excluding hydrogens is 320 g/mol. The van der Waals surface area contributed by atoms with Gasteiger partial charge in [0.25, 0.3) is 0 Å². The second-order valence-electron chi connectivity index (χ2n) is 6.68. The molecule has 0 aromatic rings. The normalized spacial score (nSPS) is 22.3. The van der Waals surface area contributed by atoms with Crippen LogP contribution in [0.15, 0.2) is 24.3 Å². The molecule has 5 heteroatoms. The van der Waals surface area contributed by atoms with Gasteiger partial charge in [0.05, 0.1) is 12.5 Å². The third kappa shape index (κ3) is 8.25. The molecule has 2 unspecified atom stereocenters. The minimum Gasteiger partial charge on any atom is -0.481 e. The Kier molecular flexibility index (Phi) is 10.0. The molecule has 1 aliphatic carbocycles. The monoisotopic (exact) mass is 350 g/mol. The highest BCUT2D eigenvalue weighted by molar-refractivity contribution is 6.09. The lowest BCUT2D eigenvalue weighted by atomic mass is 9.90. The van der Waals surface area contributed by atoms with Gasteiger partial charge >= 0.3 is 5.97 Å². The van der Waals surface area contributed by atoms with Gasteiger partial charge in [0.2, 0.25) is 0 Å². The van der Waals surface area contributed by atoms with Gasteiger partial charge < -0.3 is 10.2 Å². The molecule has 3 atom stereocenters. The maximum atomic E-state index is 12.0. The number of unbranched alkanes of at least 4 members (excludes halogenated alkanes) is 3. The van der Waals surface area contributed by atoms with Gasteiger partial charge in [-0.15, -0.1) is 0 Å². The summed E-state index contributed by atoms with van der Waals surface area (Å²) in [6, 6.07) is 0. The minimum atomic E-state index is -0.812. The van der Waals surface area contributed by atoms with Gasteiger partial charge in [0.15, 0.2) is 0 Å². The fraction of sp³-hybridized carbons (Fsp3) is 0.650. The maximum Gasteiger partial charge on any atom is 0.303 e. The van der Waals surface area contributed by atoms with Crippen molar-refractivity contribution in [3.63, 3.8) is 0 Å². The molecule has 0 amide bonds. The third-order valence-electron chi connectivity index (χ3n) is 4.53. The molecule has 1 aliphatic rings. The SMILES string of the molecule is CCCCCC(O)/C=C/[C@H]1C(=O)CC(=O)C1C/C=C\CCCC(=O)O. The number of hydrogen-bond acceptors (Lipinski definition) is 4. The Balaban J connectivity index is 2.49. The van der Waals surface area contributed by atoms with Crippen molar-refractivity contribution in [2.24, 2.45) is 11.8 Å². The Morgan fingerprint density at radius 3 is 2.64 bits per heavy atom. The molecule has 140 valence electrons. The smallest absolute Gasteiger partial charge is 0.303 e. The minimum absolute atomic E-state index is 0.0293. The summed E-state index contributed by atoms with van der Waals surface area (Å²) in [6.45, 7) is 2.10. The Hall–Kier alpha value is -1.75. The predicted octanol–water partition coefficient (Wildman–Crippen LogP) is 3.46. The van der Waals surface area contributed by atoms with Crippen LogP contribution in [0.2, 0.25) is 0 Å². The van der Waals surface area contributed by atoms with Gasteiger partial charge in [-0.3, -0.25) is 14.4 Å². The summed E-state index contributed by atoms with van der Waals surface area (Å²) in [4.78, 5) is 34.5. The van der Waals surface area contributed by atoms with Crippen LogP contribution in [0.1, 0.15) is 64.7 Å². The van der Waals surface area contributed by atoms with Crippen LogP contribution in [-0.2, 0) is 14.4 Å². The summed E-state index contributed by atoms with van der Waals surface area (Å²) in [5, 5.41) is 18.5. The average molecular weight is 350 g/mol. The van der Waals surface area contributed by atoms with E-state index >= 15 is 0 Å². The van der Waals surface area contributed by atoms with Gasteiger partial charge in [-0.2, -0.15) is 0 Å². The van der Waals surface area contributed by atoms with E-state index in [2.05, 4.69) is 6.92 Å². The molecule has 1 rings (SSSR count). The van der Waals surface area contributed by atoms with Crippen molar-refractivity contribution in [2.75, 3.05) is 0 Å². The fourth-order valence-corrected chi connectivity index (χ4v) is 3.04. The number of hydrogen-bond donors (Lipinski definition) is 2. The number of Topliss-reactive ketones (excluding diaryl/α,β-unsaturated/α-hetero) is 2. The Morgan fingerprint density at radius 2 is 1.96 bits per heavy atom. The van der Waals surface area contributed by atoms with E-state index in [1.165, 1.54) is 0 Å². The topological polar surface area (TPSA) is 91.7 Å². The van der Waals surface area contributed by atoms with Gasteiger partial charge in [0, 0.05) is 18.3 Å². The van der Waals surface area contributed by atoms with Crippen LogP contribution in [0.4, 0.5) is 0 Å². The van der Waals surface area contributed by atoms with Crippen molar-refractivity contribution in [2.45, 2.75) is 70.8 Å². The van der Waals surface area contributed by atoms with Crippen LogP contribution in [0.25, 0.3) is 0 Å². The molecule has 0 saturated heterocycles. The van der Waals surface area contributed by atoms with Crippen LogP contribution in [0.5, 0.6) is 0 Å². The molecule has 5 nitrogen and oxygen atoms in total. The van der Waals surface area contributed by atoms with E-state index in [1.807, 2.05) is 12.2 Å². The first-order valence-corrected chi connectivity index (χ1v) is 9.24. The highest BCUT2D eigenvalue weighted by Gasteiger charge is 2.38. The zero-order valence-corrected chi connectivity index (χ0v) is 15.0. The number of allylic oxidation sites excluding steroid dienone is 3. The highest BCUT2D eigenvalue weighted by atomic mass is 16.4. The molecule has 0 aromatic carbocycles. The summed E-state index contributed by atoms with van der Waals surface area (Å²) >= 11 is 0. The first-order chi connectivity index (χ1) is 12.0. The van der Waals surface area contributed by atoms with Crippen LogP contribution in [0.3, 0.4) is 0 Å². The van der Waals surface area contributed by atoms with Crippen molar-refractivity contribution >= 4 is 17.5 Å². The molecule has 25 heavy (non-hydrogen) atoms. The molecular formula is C20H30O5. The molecule has 1 saturated carbocycles. The lowest BCUT2D eigenvalue weighted by Gasteiger charge is -2.12. The maximum absolute atomic E-state index is 12.0. The van der Waals surface area contributed by atoms with Gasteiger partial charge in [0.1, 0.15) is 11.6 Å². The number of carboxylic acid groups (broad SMARTS) is 1. The van der Waals surface area contributed by atoms with Gasteiger partial charge in [-0.25, -0.2) is 0 Å². The number of ketones is 2. The van der Waals surface area contributed by atoms with Crippen molar-refractivity contribution in [1.29, 1.82) is 0 Å². The predicted molar refractivity (Wildman–Crippen MR) is 96.1 cm³/mol. The average Bonchev–Trinajstić information content (AvgIpc) is 2.82. The largest absolute Gasteiger partial charge is 0.481 e. The number of carboxylic acids is 1. The second-order valence-corrected chi connectivity index (χ2v) is 6.68. The van der Waals surface area contributed by atoms with Crippen LogP contribution < -0.4 is 0 Å². The van der Waals surface area contributed by atoms with Crippen LogP contribution in [0, 0.1) is 11.8 Å². The quantitative estimate of drug-likeness (QED) is 0.319. The van der Waals surface area contributed by atoms with Crippen LogP contribution in [-0.4, -0.2) is 33.9 Å². The third-order valence-corrected chi connectivity index (χ3v) is 4.53. The zero-order valence-electron chi connectivity index (χ0n) is 15.0. The van der Waals surface area contributed by atoms with E-state index in [-0.39, 0.29) is 30.3 Å². The number of carbonyl (C=O) groups is 3. The summed E-state index contributed by atoms with van der Waals surface area (Å²) < 4.78 is 0. The van der Waals surface area contributed by atoms with E-state index in [0.29, 0.717) is 25.7 Å². The number of aliphatic carboxylic acids is 1. The number of rotatable bonds is 12. The van der Waals surface area contributed by atoms with E-state index in [1.54, 1.807) is 12.2 Å². The first-order valence-electron chi connectivity index (χ1n) is 9.24. The van der Waals surface area contributed by atoms with Crippen molar-refractivity contribution in [3.8, 4) is 0 Å². The number of carbonyl (C=O) groups excluding carboxylic acids is 2. The standard InChI is InChI=1S/C20H30O5/c1-2-3-6-9-15(21)12-13-17-16(18(22)14-19(17)23)10-7-4-5-8-11-20(24)25/h4,7,12-13,15-17,21H,2-3,5-6,8-11,14H2,1H3,(H,24,25)/b7-4-,13-12+/t15?,16?,17-/m1/s1. The molecule has 1 fully saturated rings. The van der Waals surface area contributed by atoms with E-state index in [4.69, 9.17) is 5.11 Å². The Labute approximate surface area is 149 Å². The lowest BCUT2D eigenvalue weighted by Crippen LogP contribution is -2.16. The molecule has 0 aliphatic heterocycles. The summed E-state index contributed by atoms with van der Waals surface area (Å²) in [5.74, 6) is -1.74. The van der Waals surface area contributed by atoms with Crippen molar-refractivity contribution in [3.05, 3.63) is 24.3 Å². The van der Waals surface area contributed by atoms with E-state index < -0.39 is 18.0 Å². The molecule has 2 N–H and O–H groups in total. The molecule has 0 bridgehead atoms. The zero-order chi connectivity index (χ0) is 18.7. The van der Waals surface area contributed by atoms with E-state index in [0.717, 1.165) is 19.3 Å². The first kappa shape index (κ1) is 21.3. The summed E-state index contributed by atoms with van der Waals surface area (Å²) in [7, 11) is 0. The molecule has 0 heterocycles.